The molecule has 31 heavy (non-hydrogen) atoms. The summed E-state index contributed by atoms with van der Waals surface area (Å²) in [4.78, 5) is 13.2. The zero-order valence-electron chi connectivity index (χ0n) is 15.6. The van der Waals surface area contributed by atoms with Crippen LogP contribution < -0.4 is 4.72 Å². The van der Waals surface area contributed by atoms with Crippen molar-refractivity contribution in [3.8, 4) is 6.07 Å². The zero-order valence-corrected chi connectivity index (χ0v) is 18.0. The van der Waals surface area contributed by atoms with Gasteiger partial charge in [0.25, 0.3) is 12.1 Å². The molecule has 0 aliphatic carbocycles. The van der Waals surface area contributed by atoms with Gasteiger partial charge in [-0.25, -0.2) is 26.6 Å². The first-order chi connectivity index (χ1) is 14.4. The largest absolute Gasteiger partial charge is 0.355 e. The Kier molecular flexibility index (Phi) is 7.71. The molecular weight excluding hydrogens is 509 g/mol. The topological polar surface area (TPSA) is 135 Å². The number of halogens is 4. The Balaban J connectivity index is 2.57. The van der Waals surface area contributed by atoms with Crippen molar-refractivity contribution >= 4 is 31.6 Å². The number of hydrogen-bond donors (Lipinski definition) is 1. The van der Waals surface area contributed by atoms with E-state index in [2.05, 4.69) is 25.6 Å². The van der Waals surface area contributed by atoms with Gasteiger partial charge in [-0.3, -0.25) is 10.1 Å². The molecule has 0 fully saturated rings. The lowest BCUT2D eigenvalue weighted by Crippen LogP contribution is -2.48. The van der Waals surface area contributed by atoms with Gasteiger partial charge in [0.05, 0.1) is 23.3 Å². The molecule has 166 valence electrons. The van der Waals surface area contributed by atoms with Crippen molar-refractivity contribution in [3.05, 3.63) is 62.6 Å². The highest BCUT2D eigenvalue weighted by molar-refractivity contribution is 9.10. The van der Waals surface area contributed by atoms with Gasteiger partial charge in [-0.2, -0.15) is 9.98 Å². The van der Waals surface area contributed by atoms with Gasteiger partial charge in [0.15, 0.2) is 4.90 Å². The predicted molar refractivity (Wildman–Crippen MR) is 104 cm³/mol. The summed E-state index contributed by atoms with van der Waals surface area (Å²) in [6.07, 6.45) is -4.68. The first kappa shape index (κ1) is 24.7. The highest BCUT2D eigenvalue weighted by atomic mass is 79.9. The standard InChI is InChI=1S/C17H14BrF3N4O5S/c1-17(9-30-13(7-22)16(20)21,10-6-15(18)23-8-11(10)19)24-31(28,29)14-5-3-2-4-12(14)25(26)27/h2-6,8,13,16,24H,9H2,1H3. The SMILES string of the molecule is CC(COC(C#N)C(F)F)(NS(=O)(=O)c1ccccc1[N+](=O)[O-])c1cc(Br)ncc1F. The molecule has 1 heterocycles. The van der Waals surface area contributed by atoms with Crippen LogP contribution in [0, 0.1) is 27.3 Å². The van der Waals surface area contributed by atoms with Crippen LogP contribution >= 0.6 is 15.9 Å². The summed E-state index contributed by atoms with van der Waals surface area (Å²) < 4.78 is 73.3. The van der Waals surface area contributed by atoms with E-state index in [1.54, 1.807) is 0 Å². The Morgan fingerprint density at radius 3 is 2.65 bits per heavy atom. The van der Waals surface area contributed by atoms with Crippen molar-refractivity contribution in [2.75, 3.05) is 6.61 Å². The summed E-state index contributed by atoms with van der Waals surface area (Å²) in [6, 6.07) is 6.70. The lowest BCUT2D eigenvalue weighted by molar-refractivity contribution is -0.387. The maximum Gasteiger partial charge on any atom is 0.289 e. The molecule has 1 aromatic heterocycles. The number of benzene rings is 1. The number of nitro groups is 1. The molecule has 0 saturated carbocycles. The molecule has 0 radical (unpaired) electrons. The van der Waals surface area contributed by atoms with Gasteiger partial charge >= 0.3 is 0 Å². The van der Waals surface area contributed by atoms with E-state index in [-0.39, 0.29) is 10.2 Å². The van der Waals surface area contributed by atoms with E-state index in [0.717, 1.165) is 31.3 Å². The van der Waals surface area contributed by atoms with Gasteiger partial charge < -0.3 is 4.74 Å². The highest BCUT2D eigenvalue weighted by Crippen LogP contribution is 2.31. The number of ether oxygens (including phenoxy) is 1. The average molecular weight is 523 g/mol. The van der Waals surface area contributed by atoms with E-state index in [4.69, 9.17) is 10.00 Å². The molecule has 2 aromatic rings. The van der Waals surface area contributed by atoms with Gasteiger partial charge in [-0.05, 0) is 35.0 Å². The highest BCUT2D eigenvalue weighted by Gasteiger charge is 2.39. The number of pyridine rings is 1. The van der Waals surface area contributed by atoms with E-state index < -0.39 is 56.0 Å². The Morgan fingerprint density at radius 2 is 2.06 bits per heavy atom. The second-order valence-corrected chi connectivity index (χ2v) is 8.81. The molecular formula is C17H14BrF3N4O5S. The van der Waals surface area contributed by atoms with Gasteiger partial charge in [0, 0.05) is 11.6 Å². The number of rotatable bonds is 9. The fraction of sp³-hybridized carbons (Fsp3) is 0.294. The maximum absolute atomic E-state index is 14.5. The quantitative estimate of drug-likeness (QED) is 0.303. The third-order valence-corrected chi connectivity index (χ3v) is 6.11. The minimum Gasteiger partial charge on any atom is -0.355 e. The van der Waals surface area contributed by atoms with Crippen molar-refractivity contribution in [2.24, 2.45) is 0 Å². The number of alkyl halides is 2. The number of para-hydroxylation sites is 1. The lowest BCUT2D eigenvalue weighted by atomic mass is 9.94. The third-order valence-electron chi connectivity index (χ3n) is 4.04. The van der Waals surface area contributed by atoms with Gasteiger partial charge in [0.2, 0.25) is 16.1 Å². The fourth-order valence-corrected chi connectivity index (χ4v) is 4.49. The van der Waals surface area contributed by atoms with Crippen LogP contribution in [-0.4, -0.2) is 37.5 Å². The minimum absolute atomic E-state index is 0.0886. The van der Waals surface area contributed by atoms with Crippen LogP contribution in [0.15, 0.2) is 46.0 Å². The molecule has 14 heteroatoms. The molecule has 2 unspecified atom stereocenters. The summed E-state index contributed by atoms with van der Waals surface area (Å²) in [6.45, 7) is 0.215. The van der Waals surface area contributed by atoms with Gasteiger partial charge in [-0.1, -0.05) is 12.1 Å². The molecule has 0 aliphatic heterocycles. The van der Waals surface area contributed by atoms with Crippen LogP contribution in [0.1, 0.15) is 12.5 Å². The van der Waals surface area contributed by atoms with E-state index in [1.165, 1.54) is 18.2 Å². The predicted octanol–water partition coefficient (Wildman–Crippen LogP) is 3.26. The van der Waals surface area contributed by atoms with Crippen LogP contribution in [0.2, 0.25) is 0 Å². The van der Waals surface area contributed by atoms with E-state index in [1.807, 2.05) is 0 Å². The van der Waals surface area contributed by atoms with Crippen molar-refractivity contribution in [1.29, 1.82) is 5.26 Å². The number of nitrogens with one attached hydrogen (secondary N) is 1. The van der Waals surface area contributed by atoms with Crippen molar-refractivity contribution in [3.63, 3.8) is 0 Å². The van der Waals surface area contributed by atoms with Crippen molar-refractivity contribution in [2.45, 2.75) is 29.9 Å². The van der Waals surface area contributed by atoms with Crippen LogP contribution in [0.4, 0.5) is 18.9 Å². The van der Waals surface area contributed by atoms with Crippen LogP contribution in [0.5, 0.6) is 0 Å². The summed E-state index contributed by atoms with van der Waals surface area (Å²) >= 11 is 3.00. The lowest BCUT2D eigenvalue weighted by Gasteiger charge is -2.31. The van der Waals surface area contributed by atoms with E-state index >= 15 is 0 Å². The fourth-order valence-electron chi connectivity index (χ4n) is 2.61. The second kappa shape index (κ2) is 9.69. The van der Waals surface area contributed by atoms with Crippen LogP contribution in [0.3, 0.4) is 0 Å². The molecule has 1 N–H and O–H groups in total. The van der Waals surface area contributed by atoms with E-state index in [9.17, 15) is 31.7 Å². The first-order valence-corrected chi connectivity index (χ1v) is 10.6. The number of sulfonamides is 1. The molecule has 2 atom stereocenters. The monoisotopic (exact) mass is 522 g/mol. The number of nitrogens with zero attached hydrogens (tertiary/aromatic N) is 3. The molecule has 2 rings (SSSR count). The third kappa shape index (κ3) is 5.76. The van der Waals surface area contributed by atoms with Gasteiger partial charge in [0.1, 0.15) is 16.5 Å². The molecule has 0 amide bonds. The number of nitriles is 1. The summed E-state index contributed by atoms with van der Waals surface area (Å²) in [5.74, 6) is -1.01. The van der Waals surface area contributed by atoms with Crippen LogP contribution in [-0.2, 0) is 20.3 Å². The smallest absolute Gasteiger partial charge is 0.289 e. The Hall–Kier alpha value is -2.60. The Morgan fingerprint density at radius 1 is 1.42 bits per heavy atom. The molecule has 9 nitrogen and oxygen atoms in total. The normalized spacial score (nSPS) is 14.6. The van der Waals surface area contributed by atoms with Gasteiger partial charge in [-0.15, -0.1) is 0 Å². The maximum atomic E-state index is 14.5. The Bertz CT molecular complexity index is 1130. The molecule has 0 spiro atoms. The summed E-state index contributed by atoms with van der Waals surface area (Å²) in [5.41, 5.74) is -3.16. The number of hydrogen-bond acceptors (Lipinski definition) is 7. The van der Waals surface area contributed by atoms with Crippen LogP contribution in [0.25, 0.3) is 0 Å². The number of nitro benzene ring substituents is 1. The van der Waals surface area contributed by atoms with Crippen molar-refractivity contribution < 1.29 is 31.2 Å². The summed E-state index contributed by atoms with van der Waals surface area (Å²) in [7, 11) is -4.69. The molecule has 1 aromatic carbocycles. The molecule has 0 aliphatic rings. The molecule has 0 bridgehead atoms. The first-order valence-electron chi connectivity index (χ1n) is 8.29. The van der Waals surface area contributed by atoms with Crippen molar-refractivity contribution in [1.82, 2.24) is 9.71 Å². The second-order valence-electron chi connectivity index (χ2n) is 6.34. The molecule has 0 saturated heterocycles. The zero-order chi connectivity index (χ0) is 23.4. The average Bonchev–Trinajstić information content (AvgIpc) is 2.69. The number of aromatic nitrogens is 1. The van der Waals surface area contributed by atoms with E-state index in [0.29, 0.717) is 0 Å². The summed E-state index contributed by atoms with van der Waals surface area (Å²) in [5, 5.41) is 20.0. The Labute approximate surface area is 183 Å². The minimum atomic E-state index is -4.69.